The van der Waals surface area contributed by atoms with Gasteiger partial charge in [0.1, 0.15) is 6.07 Å². The van der Waals surface area contributed by atoms with Gasteiger partial charge in [-0.15, -0.1) is 5.10 Å². The zero-order valence-corrected chi connectivity index (χ0v) is 8.14. The Morgan fingerprint density at radius 2 is 2.36 bits per heavy atom. The Balaban J connectivity index is 2.26. The van der Waals surface area contributed by atoms with E-state index in [-0.39, 0.29) is 0 Å². The van der Waals surface area contributed by atoms with Gasteiger partial charge in [0.05, 0.1) is 11.8 Å². The highest BCUT2D eigenvalue weighted by molar-refractivity contribution is 5.52. The lowest BCUT2D eigenvalue weighted by atomic mass is 9.92. The quantitative estimate of drug-likeness (QED) is 0.702. The maximum absolute atomic E-state index is 8.90. The highest BCUT2D eigenvalue weighted by Crippen LogP contribution is 2.28. The number of hydrogen-bond acceptors (Lipinski definition) is 4. The zero-order chi connectivity index (χ0) is 9.97. The number of rotatable bonds is 2. The number of hydrogen-bond donors (Lipinski definition) is 0. The van der Waals surface area contributed by atoms with E-state index >= 15 is 0 Å². The molecule has 0 N–H and O–H groups in total. The average molecular weight is 188 g/mol. The molecule has 0 radical (unpaired) electrons. The van der Waals surface area contributed by atoms with Gasteiger partial charge in [0, 0.05) is 13.1 Å². The van der Waals surface area contributed by atoms with E-state index in [2.05, 4.69) is 21.2 Å². The lowest BCUT2D eigenvalue weighted by Gasteiger charge is -2.35. The highest BCUT2D eigenvalue weighted by Gasteiger charge is 2.24. The molecular weight excluding hydrogens is 176 g/mol. The summed E-state index contributed by atoms with van der Waals surface area (Å²) in [5.41, 5.74) is 0.606. The van der Waals surface area contributed by atoms with Crippen molar-refractivity contribution in [3.8, 4) is 6.07 Å². The first-order valence-electron chi connectivity index (χ1n) is 4.77. The first kappa shape index (κ1) is 8.95. The first-order valence-corrected chi connectivity index (χ1v) is 4.77. The Morgan fingerprint density at radius 3 is 2.93 bits per heavy atom. The van der Waals surface area contributed by atoms with Crippen molar-refractivity contribution in [2.45, 2.75) is 25.3 Å². The lowest BCUT2D eigenvalue weighted by molar-refractivity contribution is 0.398. The van der Waals surface area contributed by atoms with Crippen molar-refractivity contribution in [1.29, 1.82) is 5.26 Å². The molecule has 1 aliphatic rings. The predicted molar refractivity (Wildman–Crippen MR) is 52.8 cm³/mol. The average Bonchev–Trinajstić information content (AvgIpc) is 2.15. The van der Waals surface area contributed by atoms with Crippen LogP contribution < -0.4 is 4.90 Å². The van der Waals surface area contributed by atoms with Crippen LogP contribution in [0.5, 0.6) is 0 Å². The minimum absolute atomic E-state index is 0.541. The fourth-order valence-electron chi connectivity index (χ4n) is 1.62. The Labute approximate surface area is 83.2 Å². The molecule has 0 bridgehead atoms. The van der Waals surface area contributed by atoms with Crippen molar-refractivity contribution in [2.75, 3.05) is 11.9 Å². The maximum atomic E-state index is 8.90. The molecule has 1 aromatic rings. The molecule has 0 aromatic carbocycles. The Kier molecular flexibility index (Phi) is 2.32. The van der Waals surface area contributed by atoms with Crippen LogP contribution in [0, 0.1) is 11.3 Å². The van der Waals surface area contributed by atoms with Crippen molar-refractivity contribution in [3.63, 3.8) is 0 Å². The summed E-state index contributed by atoms with van der Waals surface area (Å²) in [6.07, 6.45) is 5.21. The van der Waals surface area contributed by atoms with Gasteiger partial charge in [0.25, 0.3) is 0 Å². The minimum Gasteiger partial charge on any atom is -0.354 e. The van der Waals surface area contributed by atoms with E-state index in [1.807, 2.05) is 7.05 Å². The van der Waals surface area contributed by atoms with E-state index in [1.54, 1.807) is 12.3 Å². The van der Waals surface area contributed by atoms with Crippen molar-refractivity contribution in [1.82, 2.24) is 10.2 Å². The third kappa shape index (κ3) is 1.41. The molecule has 2 rings (SSSR count). The van der Waals surface area contributed by atoms with E-state index in [0.717, 1.165) is 0 Å². The maximum Gasteiger partial charge on any atom is 0.169 e. The molecule has 4 nitrogen and oxygen atoms in total. The van der Waals surface area contributed by atoms with Crippen LogP contribution >= 0.6 is 0 Å². The van der Waals surface area contributed by atoms with Crippen LogP contribution in [0.4, 0.5) is 5.82 Å². The van der Waals surface area contributed by atoms with E-state index < -0.39 is 0 Å². The molecule has 4 heteroatoms. The number of nitrogens with zero attached hydrogens (tertiary/aromatic N) is 4. The molecule has 0 atom stereocenters. The highest BCUT2D eigenvalue weighted by atomic mass is 15.3. The summed E-state index contributed by atoms with van der Waals surface area (Å²) in [7, 11) is 1.98. The van der Waals surface area contributed by atoms with E-state index in [9.17, 15) is 0 Å². The van der Waals surface area contributed by atoms with E-state index in [0.29, 0.717) is 17.4 Å². The summed E-state index contributed by atoms with van der Waals surface area (Å²) in [5, 5.41) is 16.7. The molecule has 72 valence electrons. The van der Waals surface area contributed by atoms with Crippen LogP contribution in [-0.2, 0) is 0 Å². The molecule has 0 aliphatic heterocycles. The fourth-order valence-corrected chi connectivity index (χ4v) is 1.62. The first-order chi connectivity index (χ1) is 6.83. The van der Waals surface area contributed by atoms with Gasteiger partial charge < -0.3 is 4.90 Å². The summed E-state index contributed by atoms with van der Waals surface area (Å²) in [4.78, 5) is 2.06. The molecule has 0 unspecified atom stereocenters. The van der Waals surface area contributed by atoms with Gasteiger partial charge in [0.15, 0.2) is 5.82 Å². The van der Waals surface area contributed by atoms with Crippen LogP contribution in [0.3, 0.4) is 0 Å². The van der Waals surface area contributed by atoms with E-state index in [1.165, 1.54) is 19.3 Å². The smallest absolute Gasteiger partial charge is 0.169 e. The van der Waals surface area contributed by atoms with Crippen LogP contribution in [0.25, 0.3) is 0 Å². The molecule has 0 spiro atoms. The summed E-state index contributed by atoms with van der Waals surface area (Å²) < 4.78 is 0. The Bertz CT molecular complexity index is 365. The normalized spacial score (nSPS) is 15.7. The fraction of sp³-hybridized carbons (Fsp3) is 0.500. The van der Waals surface area contributed by atoms with Gasteiger partial charge in [-0.2, -0.15) is 10.4 Å². The third-order valence-electron chi connectivity index (χ3n) is 2.78. The van der Waals surface area contributed by atoms with Gasteiger partial charge >= 0.3 is 0 Å². The zero-order valence-electron chi connectivity index (χ0n) is 8.14. The molecule has 1 heterocycles. The van der Waals surface area contributed by atoms with Crippen LogP contribution in [0.15, 0.2) is 12.3 Å². The molecule has 1 fully saturated rings. The molecule has 0 amide bonds. The summed E-state index contributed by atoms with van der Waals surface area (Å²) in [6, 6.07) is 4.38. The van der Waals surface area contributed by atoms with Crippen molar-refractivity contribution >= 4 is 5.82 Å². The Morgan fingerprint density at radius 1 is 1.57 bits per heavy atom. The SMILES string of the molecule is CN(c1nnccc1C#N)C1CCC1. The van der Waals surface area contributed by atoms with Crippen LogP contribution in [0.1, 0.15) is 24.8 Å². The largest absolute Gasteiger partial charge is 0.354 e. The van der Waals surface area contributed by atoms with Gasteiger partial charge in [-0.05, 0) is 25.3 Å². The minimum atomic E-state index is 0.541. The standard InChI is InChI=1S/C10H12N4/c1-14(9-3-2-4-9)10-8(7-11)5-6-12-13-10/h5-6,9H,2-4H2,1H3. The van der Waals surface area contributed by atoms with Gasteiger partial charge in [-0.3, -0.25) is 0 Å². The number of anilines is 1. The summed E-state index contributed by atoms with van der Waals surface area (Å²) in [6.45, 7) is 0. The van der Waals surface area contributed by atoms with Crippen molar-refractivity contribution < 1.29 is 0 Å². The second kappa shape index (κ2) is 3.62. The van der Waals surface area contributed by atoms with Crippen molar-refractivity contribution in [3.05, 3.63) is 17.8 Å². The molecule has 1 aromatic heterocycles. The van der Waals surface area contributed by atoms with Gasteiger partial charge in [0.2, 0.25) is 0 Å². The Hall–Kier alpha value is -1.63. The topological polar surface area (TPSA) is 52.8 Å². The molecule has 14 heavy (non-hydrogen) atoms. The monoisotopic (exact) mass is 188 g/mol. The molecule has 0 saturated heterocycles. The third-order valence-corrected chi connectivity index (χ3v) is 2.78. The van der Waals surface area contributed by atoms with Crippen LogP contribution in [0.2, 0.25) is 0 Å². The second-order valence-corrected chi connectivity index (χ2v) is 3.58. The summed E-state index contributed by atoms with van der Waals surface area (Å²) in [5.74, 6) is 0.708. The van der Waals surface area contributed by atoms with Gasteiger partial charge in [-0.25, -0.2) is 0 Å². The second-order valence-electron chi connectivity index (χ2n) is 3.58. The molecule has 1 aliphatic carbocycles. The van der Waals surface area contributed by atoms with Gasteiger partial charge in [-0.1, -0.05) is 0 Å². The van der Waals surface area contributed by atoms with Crippen LogP contribution in [-0.4, -0.2) is 23.3 Å². The number of aromatic nitrogens is 2. The molecule has 1 saturated carbocycles. The van der Waals surface area contributed by atoms with E-state index in [4.69, 9.17) is 5.26 Å². The lowest BCUT2D eigenvalue weighted by Crippen LogP contribution is -2.38. The van der Waals surface area contributed by atoms with Crippen molar-refractivity contribution in [2.24, 2.45) is 0 Å². The summed E-state index contributed by atoms with van der Waals surface area (Å²) >= 11 is 0. The predicted octanol–water partition coefficient (Wildman–Crippen LogP) is 1.34. The molecular formula is C10H12N4. The number of nitriles is 1.